The number of ether oxygens (including phenoxy) is 1. The summed E-state index contributed by atoms with van der Waals surface area (Å²) in [5.74, 6) is 0.0741. The van der Waals surface area contributed by atoms with Crippen LogP contribution < -0.4 is 4.74 Å². The zero-order valence-corrected chi connectivity index (χ0v) is 21.5. The van der Waals surface area contributed by atoms with Gasteiger partial charge in [0, 0.05) is 25.4 Å². The van der Waals surface area contributed by atoms with E-state index in [2.05, 4.69) is 4.90 Å². The first-order chi connectivity index (χ1) is 16.1. The minimum atomic E-state index is -3.63. The van der Waals surface area contributed by atoms with Crippen molar-refractivity contribution in [3.63, 3.8) is 0 Å². The lowest BCUT2D eigenvalue weighted by molar-refractivity contribution is -0.137. The molecule has 0 radical (unpaired) electrons. The fourth-order valence-electron chi connectivity index (χ4n) is 3.44. The van der Waals surface area contributed by atoms with Gasteiger partial charge < -0.3 is 19.1 Å². The van der Waals surface area contributed by atoms with E-state index < -0.39 is 15.8 Å². The van der Waals surface area contributed by atoms with Crippen LogP contribution in [0.1, 0.15) is 51.5 Å². The average molecular weight is 489 g/mol. The summed E-state index contributed by atoms with van der Waals surface area (Å²) in [6.45, 7) is 7.42. The Labute approximate surface area is 202 Å². The summed E-state index contributed by atoms with van der Waals surface area (Å²) >= 11 is 0. The van der Waals surface area contributed by atoms with Gasteiger partial charge in [-0.25, -0.2) is 8.42 Å². The van der Waals surface area contributed by atoms with Crippen molar-refractivity contribution in [1.29, 1.82) is 0 Å². The zero-order chi connectivity index (χ0) is 25.3. The number of carbonyl (C=O) groups is 1. The molecule has 1 aromatic carbocycles. The summed E-state index contributed by atoms with van der Waals surface area (Å²) in [5, 5.41) is 7.91. The zero-order valence-electron chi connectivity index (χ0n) is 20.7. The van der Waals surface area contributed by atoms with Crippen molar-refractivity contribution >= 4 is 21.3 Å². The summed E-state index contributed by atoms with van der Waals surface area (Å²) in [5.41, 5.74) is 1.53. The van der Waals surface area contributed by atoms with Crippen molar-refractivity contribution in [2.45, 2.75) is 55.7 Å². The highest BCUT2D eigenvalue weighted by Gasteiger charge is 2.27. The molecule has 3 aromatic rings. The monoisotopic (exact) mass is 488 g/mol. The molecule has 0 saturated carbocycles. The second-order valence-electron chi connectivity index (χ2n) is 8.69. The third kappa shape index (κ3) is 7.33. The van der Waals surface area contributed by atoms with Crippen molar-refractivity contribution in [1.82, 2.24) is 9.30 Å². The molecule has 0 spiro atoms. The number of rotatable bonds is 10. The molecule has 0 aliphatic rings. The number of fused-ring (bicyclic) bond motifs is 1. The van der Waals surface area contributed by atoms with E-state index in [-0.39, 0.29) is 10.8 Å². The SMILES string of the molecule is CC(C)c1cn2ccccc2c1S(=O)(=O)c1ccc(OCCCN(C)C)cc1.CCCC(=O)O. The molecule has 0 unspecified atom stereocenters. The number of pyridine rings is 1. The van der Waals surface area contributed by atoms with Crippen LogP contribution in [0.4, 0.5) is 0 Å². The lowest BCUT2D eigenvalue weighted by atomic mass is 10.1. The third-order valence-electron chi connectivity index (χ3n) is 5.17. The Kier molecular flexibility index (Phi) is 10.1. The van der Waals surface area contributed by atoms with E-state index in [1.165, 1.54) is 0 Å². The molecule has 0 amide bonds. The average Bonchev–Trinajstić information content (AvgIpc) is 3.18. The third-order valence-corrected chi connectivity index (χ3v) is 7.05. The Bertz CT molecular complexity index is 1170. The van der Waals surface area contributed by atoms with E-state index in [0.29, 0.717) is 29.2 Å². The molecule has 0 aliphatic heterocycles. The minimum absolute atomic E-state index is 0.101. The van der Waals surface area contributed by atoms with Gasteiger partial charge in [-0.2, -0.15) is 0 Å². The van der Waals surface area contributed by atoms with Crippen LogP contribution in [0.2, 0.25) is 0 Å². The summed E-state index contributed by atoms with van der Waals surface area (Å²) < 4.78 is 34.4. The van der Waals surface area contributed by atoms with Gasteiger partial charge in [0.2, 0.25) is 9.84 Å². The van der Waals surface area contributed by atoms with E-state index in [9.17, 15) is 13.2 Å². The van der Waals surface area contributed by atoms with Crippen LogP contribution in [-0.4, -0.2) is 56.0 Å². The van der Waals surface area contributed by atoms with E-state index in [0.717, 1.165) is 24.9 Å². The van der Waals surface area contributed by atoms with Gasteiger partial charge in [0.15, 0.2) is 0 Å². The smallest absolute Gasteiger partial charge is 0.303 e. The van der Waals surface area contributed by atoms with Crippen LogP contribution >= 0.6 is 0 Å². The number of hydrogen-bond acceptors (Lipinski definition) is 5. The van der Waals surface area contributed by atoms with Crippen LogP contribution in [0.25, 0.3) is 5.52 Å². The Morgan fingerprint density at radius 1 is 1.12 bits per heavy atom. The quantitative estimate of drug-likeness (QED) is 0.400. The Balaban J connectivity index is 0.000000604. The van der Waals surface area contributed by atoms with Gasteiger partial charge in [0.1, 0.15) is 10.6 Å². The van der Waals surface area contributed by atoms with Crippen molar-refractivity contribution in [2.75, 3.05) is 27.2 Å². The minimum Gasteiger partial charge on any atom is -0.494 e. The van der Waals surface area contributed by atoms with Gasteiger partial charge in [-0.05, 0) is 74.8 Å². The Morgan fingerprint density at radius 3 is 2.32 bits per heavy atom. The molecule has 34 heavy (non-hydrogen) atoms. The first-order valence-corrected chi connectivity index (χ1v) is 13.0. The number of aliphatic carboxylic acids is 1. The van der Waals surface area contributed by atoms with Crippen LogP contribution in [-0.2, 0) is 14.6 Å². The van der Waals surface area contributed by atoms with Gasteiger partial charge in [-0.1, -0.05) is 26.8 Å². The molecule has 0 saturated heterocycles. The van der Waals surface area contributed by atoms with Crippen LogP contribution in [0.3, 0.4) is 0 Å². The number of aromatic nitrogens is 1. The van der Waals surface area contributed by atoms with Crippen LogP contribution in [0.5, 0.6) is 5.75 Å². The highest BCUT2D eigenvalue weighted by molar-refractivity contribution is 7.91. The number of carboxylic acids is 1. The largest absolute Gasteiger partial charge is 0.494 e. The van der Waals surface area contributed by atoms with Gasteiger partial charge in [-0.3, -0.25) is 4.79 Å². The van der Waals surface area contributed by atoms with Gasteiger partial charge >= 0.3 is 5.97 Å². The highest BCUT2D eigenvalue weighted by Crippen LogP contribution is 2.34. The maximum atomic E-state index is 13.4. The summed E-state index contributed by atoms with van der Waals surface area (Å²) in [6.07, 6.45) is 5.73. The lowest BCUT2D eigenvalue weighted by Gasteiger charge is -2.12. The van der Waals surface area contributed by atoms with Gasteiger partial charge in [-0.15, -0.1) is 0 Å². The molecule has 0 aliphatic carbocycles. The number of carboxylic acid groups (broad SMARTS) is 1. The lowest BCUT2D eigenvalue weighted by Crippen LogP contribution is -2.15. The second-order valence-corrected chi connectivity index (χ2v) is 10.6. The second kappa shape index (κ2) is 12.6. The fourth-order valence-corrected chi connectivity index (χ4v) is 5.22. The first kappa shape index (κ1) is 27.4. The maximum absolute atomic E-state index is 13.4. The summed E-state index contributed by atoms with van der Waals surface area (Å²) in [7, 11) is 0.415. The van der Waals surface area contributed by atoms with Crippen LogP contribution in [0, 0.1) is 0 Å². The molecular weight excluding hydrogens is 452 g/mol. The molecule has 7 nitrogen and oxygen atoms in total. The Hall–Kier alpha value is -2.84. The van der Waals surface area contributed by atoms with Crippen LogP contribution in [0.15, 0.2) is 64.6 Å². The summed E-state index contributed by atoms with van der Waals surface area (Å²) in [6, 6.07) is 12.3. The Morgan fingerprint density at radius 2 is 1.79 bits per heavy atom. The van der Waals surface area contributed by atoms with Gasteiger partial charge in [0.25, 0.3) is 0 Å². The molecule has 0 fully saturated rings. The first-order valence-electron chi connectivity index (χ1n) is 11.5. The molecule has 8 heteroatoms. The van der Waals surface area contributed by atoms with Crippen molar-refractivity contribution in [3.05, 3.63) is 60.4 Å². The predicted octanol–water partition coefficient (Wildman–Crippen LogP) is 5.10. The molecule has 0 atom stereocenters. The molecule has 1 N–H and O–H groups in total. The van der Waals surface area contributed by atoms with E-state index in [1.54, 1.807) is 24.3 Å². The summed E-state index contributed by atoms with van der Waals surface area (Å²) in [4.78, 5) is 12.4. The van der Waals surface area contributed by atoms with E-state index in [1.807, 2.05) is 69.9 Å². The molecule has 2 heterocycles. The molecular formula is C26H36N2O5S. The number of hydrogen-bond donors (Lipinski definition) is 1. The molecule has 186 valence electrons. The number of sulfone groups is 1. The highest BCUT2D eigenvalue weighted by atomic mass is 32.2. The standard InChI is InChI=1S/C22H28N2O3S.C4H8O2/c1-17(2)20-16-24-14-6-5-8-21(24)22(20)28(25,26)19-11-9-18(10-12-19)27-15-7-13-23(3)4;1-2-3-4(5)6/h5-6,8-12,14,16-17H,7,13,15H2,1-4H3;2-3H2,1H3,(H,5,6). The predicted molar refractivity (Wildman–Crippen MR) is 135 cm³/mol. The fraction of sp³-hybridized carbons (Fsp3) is 0.423. The molecule has 2 aromatic heterocycles. The van der Waals surface area contributed by atoms with E-state index in [4.69, 9.17) is 9.84 Å². The normalized spacial score (nSPS) is 11.5. The maximum Gasteiger partial charge on any atom is 0.303 e. The topological polar surface area (TPSA) is 88.3 Å². The van der Waals surface area contributed by atoms with E-state index >= 15 is 0 Å². The molecule has 3 rings (SSSR count). The number of benzene rings is 1. The van der Waals surface area contributed by atoms with Gasteiger partial charge in [0.05, 0.1) is 17.0 Å². The number of nitrogens with zero attached hydrogens (tertiary/aromatic N) is 2. The van der Waals surface area contributed by atoms with Crippen molar-refractivity contribution in [2.24, 2.45) is 0 Å². The molecule has 0 bridgehead atoms. The van der Waals surface area contributed by atoms with Crippen molar-refractivity contribution in [3.8, 4) is 5.75 Å². The van der Waals surface area contributed by atoms with Crippen molar-refractivity contribution < 1.29 is 23.1 Å².